The van der Waals surface area contributed by atoms with Gasteiger partial charge in [0.15, 0.2) is 0 Å². The lowest BCUT2D eigenvalue weighted by atomic mass is 10.2. The lowest BCUT2D eigenvalue weighted by Gasteiger charge is -2.11. The molecule has 0 bridgehead atoms. The van der Waals surface area contributed by atoms with E-state index in [1.165, 1.54) is 36.4 Å². The van der Waals surface area contributed by atoms with Crippen LogP contribution in [0.4, 0.5) is 11.4 Å². The molecule has 0 aliphatic rings. The second kappa shape index (κ2) is 7.58. The number of benzene rings is 3. The van der Waals surface area contributed by atoms with E-state index in [0.717, 1.165) is 0 Å². The van der Waals surface area contributed by atoms with Crippen molar-refractivity contribution in [2.75, 3.05) is 11.5 Å². The van der Waals surface area contributed by atoms with Gasteiger partial charge in [0.05, 0.1) is 11.1 Å². The van der Waals surface area contributed by atoms with Crippen LogP contribution < -0.4 is 20.9 Å². The van der Waals surface area contributed by atoms with Crippen molar-refractivity contribution >= 4 is 23.3 Å². The molecule has 0 amide bonds. The Morgan fingerprint density at radius 1 is 0.643 bits per heavy atom. The molecule has 6 N–H and O–H groups in total. The van der Waals surface area contributed by atoms with Crippen LogP contribution >= 0.6 is 0 Å². The van der Waals surface area contributed by atoms with Gasteiger partial charge >= 0.3 is 11.9 Å². The summed E-state index contributed by atoms with van der Waals surface area (Å²) >= 11 is 0. The molecule has 8 nitrogen and oxygen atoms in total. The van der Waals surface area contributed by atoms with E-state index in [9.17, 15) is 9.59 Å². The van der Waals surface area contributed by atoms with Crippen molar-refractivity contribution in [1.82, 2.24) is 0 Å². The molecule has 8 heteroatoms. The normalized spacial score (nSPS) is 10.3. The topological polar surface area (TPSA) is 145 Å². The Hall–Kier alpha value is -4.20. The second-order valence-electron chi connectivity index (χ2n) is 5.87. The molecule has 0 radical (unpaired) electrons. The SMILES string of the molecule is Nc1cc(Oc2cccc(Oc3cc(N)cc(C(=O)O)c3)c2)cc(C(=O)O)c1. The van der Waals surface area contributed by atoms with Gasteiger partial charge in [-0.25, -0.2) is 9.59 Å². The van der Waals surface area contributed by atoms with Crippen LogP contribution in [0, 0.1) is 0 Å². The van der Waals surface area contributed by atoms with Crippen molar-refractivity contribution in [3.63, 3.8) is 0 Å². The average molecular weight is 380 g/mol. The highest BCUT2D eigenvalue weighted by Gasteiger charge is 2.10. The number of carboxylic acids is 2. The maximum absolute atomic E-state index is 11.1. The molecule has 142 valence electrons. The maximum Gasteiger partial charge on any atom is 0.335 e. The zero-order valence-electron chi connectivity index (χ0n) is 14.5. The molecule has 0 aromatic heterocycles. The Balaban J connectivity index is 1.84. The van der Waals surface area contributed by atoms with Gasteiger partial charge in [-0.3, -0.25) is 0 Å². The molecular formula is C20H16N2O6. The summed E-state index contributed by atoms with van der Waals surface area (Å²) in [5.74, 6) is -0.975. The van der Waals surface area contributed by atoms with Crippen molar-refractivity contribution in [2.45, 2.75) is 0 Å². The van der Waals surface area contributed by atoms with Gasteiger partial charge in [0, 0.05) is 29.6 Å². The first kappa shape index (κ1) is 18.6. The molecule has 0 saturated heterocycles. The molecular weight excluding hydrogens is 364 g/mol. The molecule has 28 heavy (non-hydrogen) atoms. The molecule has 3 aromatic rings. The predicted octanol–water partition coefficient (Wildman–Crippen LogP) is 3.83. The molecule has 0 aliphatic carbocycles. The smallest absolute Gasteiger partial charge is 0.335 e. The Morgan fingerprint density at radius 3 is 1.46 bits per heavy atom. The summed E-state index contributed by atoms with van der Waals surface area (Å²) in [5.41, 5.74) is 11.9. The lowest BCUT2D eigenvalue weighted by Crippen LogP contribution is -1.99. The Labute approximate surface area is 159 Å². The summed E-state index contributed by atoms with van der Waals surface area (Å²) in [7, 11) is 0. The van der Waals surface area contributed by atoms with E-state index in [-0.39, 0.29) is 34.0 Å². The Bertz CT molecular complexity index is 984. The van der Waals surface area contributed by atoms with Crippen LogP contribution in [0.25, 0.3) is 0 Å². The molecule has 0 fully saturated rings. The van der Waals surface area contributed by atoms with Gasteiger partial charge in [0.1, 0.15) is 23.0 Å². The quantitative estimate of drug-likeness (QED) is 0.472. The third-order valence-electron chi connectivity index (χ3n) is 3.63. The van der Waals surface area contributed by atoms with Gasteiger partial charge in [-0.2, -0.15) is 0 Å². The number of anilines is 2. The number of carbonyl (C=O) groups is 2. The predicted molar refractivity (Wildman–Crippen MR) is 102 cm³/mol. The van der Waals surface area contributed by atoms with Crippen LogP contribution in [0.1, 0.15) is 20.7 Å². The molecule has 0 saturated carbocycles. The van der Waals surface area contributed by atoms with E-state index in [0.29, 0.717) is 11.5 Å². The number of nitrogens with two attached hydrogens (primary N) is 2. The van der Waals surface area contributed by atoms with Crippen LogP contribution in [0.5, 0.6) is 23.0 Å². The van der Waals surface area contributed by atoms with Gasteiger partial charge < -0.3 is 31.2 Å². The van der Waals surface area contributed by atoms with E-state index in [2.05, 4.69) is 0 Å². The third kappa shape index (κ3) is 4.50. The standard InChI is InChI=1S/C20H16N2O6/c21-13-4-11(19(23)24)6-17(8-13)27-15-2-1-3-16(10-15)28-18-7-12(20(25)26)5-14(22)9-18/h1-10H,21-22H2,(H,23,24)(H,25,26). The monoisotopic (exact) mass is 380 g/mol. The van der Waals surface area contributed by atoms with Crippen molar-refractivity contribution in [3.8, 4) is 23.0 Å². The summed E-state index contributed by atoms with van der Waals surface area (Å²) in [5, 5.41) is 18.2. The van der Waals surface area contributed by atoms with Crippen LogP contribution in [-0.2, 0) is 0 Å². The number of carboxylic acid groups (broad SMARTS) is 2. The summed E-state index contributed by atoms with van der Waals surface area (Å²) in [6.07, 6.45) is 0. The number of ether oxygens (including phenoxy) is 2. The fraction of sp³-hybridized carbons (Fsp3) is 0. The zero-order chi connectivity index (χ0) is 20.3. The number of hydrogen-bond donors (Lipinski definition) is 4. The number of aromatic carboxylic acids is 2. The Kier molecular flexibility index (Phi) is 5.03. The van der Waals surface area contributed by atoms with Crippen LogP contribution in [-0.4, -0.2) is 22.2 Å². The largest absolute Gasteiger partial charge is 0.478 e. The van der Waals surface area contributed by atoms with Crippen LogP contribution in [0.2, 0.25) is 0 Å². The minimum absolute atomic E-state index is 0.00312. The summed E-state index contributed by atoms with van der Waals surface area (Å²) in [6.45, 7) is 0. The fourth-order valence-electron chi connectivity index (χ4n) is 2.48. The zero-order valence-corrected chi connectivity index (χ0v) is 14.5. The van der Waals surface area contributed by atoms with Crippen LogP contribution in [0.3, 0.4) is 0 Å². The fourth-order valence-corrected chi connectivity index (χ4v) is 2.48. The van der Waals surface area contributed by atoms with Gasteiger partial charge in [-0.15, -0.1) is 0 Å². The van der Waals surface area contributed by atoms with Crippen molar-refractivity contribution in [1.29, 1.82) is 0 Å². The maximum atomic E-state index is 11.1. The lowest BCUT2D eigenvalue weighted by molar-refractivity contribution is 0.0686. The summed E-state index contributed by atoms with van der Waals surface area (Å²) < 4.78 is 11.3. The number of hydrogen-bond acceptors (Lipinski definition) is 6. The molecule has 0 atom stereocenters. The molecule has 3 aromatic carbocycles. The highest BCUT2D eigenvalue weighted by atomic mass is 16.5. The van der Waals surface area contributed by atoms with E-state index in [4.69, 9.17) is 31.2 Å². The van der Waals surface area contributed by atoms with E-state index >= 15 is 0 Å². The van der Waals surface area contributed by atoms with Gasteiger partial charge in [-0.05, 0) is 36.4 Å². The van der Waals surface area contributed by atoms with E-state index in [1.807, 2.05) is 0 Å². The first-order valence-corrected chi connectivity index (χ1v) is 8.03. The molecule has 0 aliphatic heterocycles. The van der Waals surface area contributed by atoms with Crippen molar-refractivity contribution in [3.05, 3.63) is 71.8 Å². The minimum atomic E-state index is -1.12. The second-order valence-corrected chi connectivity index (χ2v) is 5.87. The van der Waals surface area contributed by atoms with Crippen molar-refractivity contribution < 1.29 is 29.3 Å². The van der Waals surface area contributed by atoms with Crippen LogP contribution in [0.15, 0.2) is 60.7 Å². The van der Waals surface area contributed by atoms with Crippen molar-refractivity contribution in [2.24, 2.45) is 0 Å². The summed E-state index contributed by atoms with van der Waals surface area (Å²) in [4.78, 5) is 22.3. The first-order chi connectivity index (χ1) is 13.3. The highest BCUT2D eigenvalue weighted by molar-refractivity contribution is 5.90. The minimum Gasteiger partial charge on any atom is -0.478 e. The van der Waals surface area contributed by atoms with Gasteiger partial charge in [0.25, 0.3) is 0 Å². The Morgan fingerprint density at radius 2 is 1.07 bits per heavy atom. The van der Waals surface area contributed by atoms with Gasteiger partial charge in [-0.1, -0.05) is 6.07 Å². The third-order valence-corrected chi connectivity index (χ3v) is 3.63. The number of nitrogen functional groups attached to an aromatic ring is 2. The van der Waals surface area contributed by atoms with E-state index < -0.39 is 11.9 Å². The molecule has 0 spiro atoms. The molecule has 0 unspecified atom stereocenters. The first-order valence-electron chi connectivity index (χ1n) is 8.03. The van der Waals surface area contributed by atoms with E-state index in [1.54, 1.807) is 24.3 Å². The average Bonchev–Trinajstić information content (AvgIpc) is 2.61. The van der Waals surface area contributed by atoms with Gasteiger partial charge in [0.2, 0.25) is 0 Å². The molecule has 0 heterocycles. The molecule has 3 rings (SSSR count). The summed E-state index contributed by atoms with van der Waals surface area (Å²) in [6, 6.07) is 14.9. The number of rotatable bonds is 6. The highest BCUT2D eigenvalue weighted by Crippen LogP contribution is 2.31.